The fourth-order valence-corrected chi connectivity index (χ4v) is 4.27. The quantitative estimate of drug-likeness (QED) is 0.363. The number of aromatic hydroxyl groups is 1. The zero-order valence-electron chi connectivity index (χ0n) is 18.6. The van der Waals surface area contributed by atoms with E-state index >= 15 is 0 Å². The molecule has 0 saturated heterocycles. The largest absolute Gasteiger partial charge is 0.507 e. The van der Waals surface area contributed by atoms with Gasteiger partial charge in [0.25, 0.3) is 11.8 Å². The van der Waals surface area contributed by atoms with Crippen LogP contribution in [0.1, 0.15) is 52.0 Å². The van der Waals surface area contributed by atoms with E-state index in [0.717, 1.165) is 15.6 Å². The van der Waals surface area contributed by atoms with E-state index < -0.39 is 6.10 Å². The second-order valence-corrected chi connectivity index (χ2v) is 8.10. The van der Waals surface area contributed by atoms with E-state index in [9.17, 15) is 19.8 Å². The van der Waals surface area contributed by atoms with Crippen LogP contribution in [0.15, 0.2) is 84.2 Å². The summed E-state index contributed by atoms with van der Waals surface area (Å²) < 4.78 is 0. The summed E-state index contributed by atoms with van der Waals surface area (Å²) in [5.74, 6) is -0.198. The Kier molecular flexibility index (Phi) is 8.35. The minimum atomic E-state index is -0.640. The third-order valence-corrected chi connectivity index (χ3v) is 6.12. The monoisotopic (exact) mass is 461 g/mol. The minimum Gasteiger partial charge on any atom is -0.507 e. The molecule has 1 aliphatic rings. The van der Waals surface area contributed by atoms with Crippen LogP contribution >= 0.6 is 11.3 Å². The molecule has 33 heavy (non-hydrogen) atoms. The number of fused-ring (bicyclic) bond motifs is 2. The number of carbonyl (C=O) groups is 2. The number of phenols is 1. The summed E-state index contributed by atoms with van der Waals surface area (Å²) in [5, 5.41) is 23.3. The lowest BCUT2D eigenvalue weighted by molar-refractivity contribution is 0.0623. The number of benzene rings is 3. The van der Waals surface area contributed by atoms with Crippen LogP contribution in [0.5, 0.6) is 5.75 Å². The van der Waals surface area contributed by atoms with Crippen molar-refractivity contribution in [2.75, 3.05) is 6.54 Å². The Morgan fingerprint density at radius 2 is 1.42 bits per heavy atom. The Morgan fingerprint density at radius 1 is 0.818 bits per heavy atom. The van der Waals surface area contributed by atoms with Gasteiger partial charge in [0.1, 0.15) is 5.75 Å². The topological polar surface area (TPSA) is 77.8 Å². The van der Waals surface area contributed by atoms with Gasteiger partial charge in [0, 0.05) is 16.8 Å². The standard InChI is InChI=1S/C15H13NO3S.C10H8O.C2H6/c17-12(13-6-3-9-20-13)7-8-16-14(18)10-4-1-2-5-11(10)15(16)19;11-10-7-3-5-8-4-1-2-6-9(8)10;1-2/h1-6,9,12,17H,7-8H2;1-7,11H;1-2H3. The molecule has 0 bridgehead atoms. The molecule has 1 aromatic heterocycles. The third-order valence-electron chi connectivity index (χ3n) is 5.14. The molecule has 6 heteroatoms. The van der Waals surface area contributed by atoms with Gasteiger partial charge in [-0.2, -0.15) is 0 Å². The van der Waals surface area contributed by atoms with Gasteiger partial charge in [0.2, 0.25) is 0 Å². The first-order valence-corrected chi connectivity index (χ1v) is 11.8. The molecule has 2 N–H and O–H groups in total. The Morgan fingerprint density at radius 3 is 2.03 bits per heavy atom. The van der Waals surface area contributed by atoms with Crippen LogP contribution in [0.2, 0.25) is 0 Å². The van der Waals surface area contributed by atoms with Crippen LogP contribution in [0.4, 0.5) is 0 Å². The van der Waals surface area contributed by atoms with Crippen LogP contribution in [-0.4, -0.2) is 33.5 Å². The zero-order valence-corrected chi connectivity index (χ0v) is 19.5. The average molecular weight is 462 g/mol. The van der Waals surface area contributed by atoms with Crippen molar-refractivity contribution >= 4 is 33.9 Å². The maximum absolute atomic E-state index is 12.1. The van der Waals surface area contributed by atoms with Gasteiger partial charge in [-0.1, -0.05) is 68.4 Å². The summed E-state index contributed by atoms with van der Waals surface area (Å²) in [7, 11) is 0. The van der Waals surface area contributed by atoms with E-state index in [1.165, 1.54) is 16.2 Å². The van der Waals surface area contributed by atoms with Crippen molar-refractivity contribution in [2.24, 2.45) is 0 Å². The summed E-state index contributed by atoms with van der Waals surface area (Å²) in [4.78, 5) is 26.3. The van der Waals surface area contributed by atoms with Gasteiger partial charge in [0.15, 0.2) is 0 Å². The van der Waals surface area contributed by atoms with Gasteiger partial charge in [-0.3, -0.25) is 14.5 Å². The van der Waals surface area contributed by atoms with Crippen molar-refractivity contribution in [2.45, 2.75) is 26.4 Å². The van der Waals surface area contributed by atoms with E-state index in [1.807, 2.05) is 67.8 Å². The number of hydrogen-bond donors (Lipinski definition) is 2. The SMILES string of the molecule is CC.O=C1c2ccccc2C(=O)N1CCC(O)c1cccs1.Oc1cccc2ccccc12. The van der Waals surface area contributed by atoms with Gasteiger partial charge in [-0.25, -0.2) is 0 Å². The molecule has 170 valence electrons. The van der Waals surface area contributed by atoms with Crippen molar-refractivity contribution in [3.05, 3.63) is 100 Å². The maximum atomic E-state index is 12.1. The number of rotatable bonds is 4. The van der Waals surface area contributed by atoms with Gasteiger partial charge >= 0.3 is 0 Å². The van der Waals surface area contributed by atoms with Crippen molar-refractivity contribution < 1.29 is 19.8 Å². The Hall–Kier alpha value is -3.48. The number of thiophene rings is 1. The van der Waals surface area contributed by atoms with Gasteiger partial charge in [-0.05, 0) is 41.5 Å². The first-order chi connectivity index (χ1) is 16.1. The van der Waals surface area contributed by atoms with E-state index in [4.69, 9.17) is 0 Å². The lowest BCUT2D eigenvalue weighted by Crippen LogP contribution is -2.31. The summed E-state index contributed by atoms with van der Waals surface area (Å²) in [6.07, 6.45) is -0.286. The molecule has 3 aromatic carbocycles. The Labute approximate surface area is 197 Å². The smallest absolute Gasteiger partial charge is 0.261 e. The molecular weight excluding hydrogens is 434 g/mol. The molecule has 4 aromatic rings. The summed E-state index contributed by atoms with van der Waals surface area (Å²) >= 11 is 1.46. The maximum Gasteiger partial charge on any atom is 0.261 e. The number of aliphatic hydroxyl groups excluding tert-OH is 1. The van der Waals surface area contributed by atoms with Crippen molar-refractivity contribution in [3.8, 4) is 5.75 Å². The number of carbonyl (C=O) groups excluding carboxylic acids is 2. The summed E-state index contributed by atoms with van der Waals surface area (Å²) in [5.41, 5.74) is 0.895. The van der Waals surface area contributed by atoms with Crippen LogP contribution < -0.4 is 0 Å². The normalized spacial score (nSPS) is 13.0. The number of aliphatic hydroxyl groups is 1. The molecule has 0 radical (unpaired) electrons. The van der Waals surface area contributed by atoms with Crippen molar-refractivity contribution in [1.29, 1.82) is 0 Å². The van der Waals surface area contributed by atoms with Crippen LogP contribution in [-0.2, 0) is 0 Å². The molecule has 0 spiro atoms. The van der Waals surface area contributed by atoms with Crippen LogP contribution in [0.3, 0.4) is 0 Å². The van der Waals surface area contributed by atoms with Gasteiger partial charge in [0.05, 0.1) is 17.2 Å². The second kappa shape index (κ2) is 11.4. The van der Waals surface area contributed by atoms with E-state index in [0.29, 0.717) is 23.3 Å². The number of phenolic OH excluding ortho intramolecular Hbond substituents is 1. The predicted molar refractivity (Wildman–Crippen MR) is 133 cm³/mol. The first-order valence-electron chi connectivity index (χ1n) is 10.9. The fraction of sp³-hybridized carbons (Fsp3) is 0.185. The molecule has 2 heterocycles. The number of amides is 2. The van der Waals surface area contributed by atoms with Crippen LogP contribution in [0, 0.1) is 0 Å². The minimum absolute atomic E-state index is 0.228. The van der Waals surface area contributed by atoms with Gasteiger partial charge in [-0.15, -0.1) is 11.3 Å². The highest BCUT2D eigenvalue weighted by molar-refractivity contribution is 7.10. The second-order valence-electron chi connectivity index (χ2n) is 7.13. The third kappa shape index (κ3) is 5.48. The molecule has 0 aliphatic carbocycles. The van der Waals surface area contributed by atoms with E-state index in [2.05, 4.69) is 0 Å². The predicted octanol–water partition coefficient (Wildman–Crippen LogP) is 6.04. The lowest BCUT2D eigenvalue weighted by Gasteiger charge is -2.16. The molecule has 5 rings (SSSR count). The van der Waals surface area contributed by atoms with Crippen molar-refractivity contribution in [3.63, 3.8) is 0 Å². The van der Waals surface area contributed by atoms with E-state index in [1.54, 1.807) is 30.3 Å². The lowest BCUT2D eigenvalue weighted by atomic mass is 10.1. The average Bonchev–Trinajstić information content (AvgIpc) is 3.48. The Balaban J connectivity index is 0.000000199. The molecule has 0 fully saturated rings. The highest BCUT2D eigenvalue weighted by atomic mass is 32.1. The van der Waals surface area contributed by atoms with Gasteiger partial charge < -0.3 is 10.2 Å². The highest BCUT2D eigenvalue weighted by Gasteiger charge is 2.35. The summed E-state index contributed by atoms with van der Waals surface area (Å²) in [6.45, 7) is 4.23. The zero-order chi connectivity index (χ0) is 23.8. The number of imide groups is 1. The molecule has 5 nitrogen and oxygen atoms in total. The molecule has 1 aliphatic heterocycles. The molecule has 1 unspecified atom stereocenters. The first kappa shape index (κ1) is 24.2. The van der Waals surface area contributed by atoms with Crippen LogP contribution in [0.25, 0.3) is 10.8 Å². The molecule has 0 saturated carbocycles. The molecular formula is C27H27NO4S. The summed E-state index contributed by atoms with van der Waals surface area (Å²) in [6, 6.07) is 23.8. The Bertz CT molecular complexity index is 1180. The number of hydrogen-bond acceptors (Lipinski definition) is 5. The number of nitrogens with zero attached hydrogens (tertiary/aromatic N) is 1. The van der Waals surface area contributed by atoms with Crippen molar-refractivity contribution in [1.82, 2.24) is 4.90 Å². The fourth-order valence-electron chi connectivity index (χ4n) is 3.53. The molecule has 1 atom stereocenters. The highest BCUT2D eigenvalue weighted by Crippen LogP contribution is 2.26. The molecule has 2 amide bonds. The van der Waals surface area contributed by atoms with E-state index in [-0.39, 0.29) is 18.4 Å².